The van der Waals surface area contributed by atoms with E-state index in [2.05, 4.69) is 4.90 Å². The van der Waals surface area contributed by atoms with Gasteiger partial charge in [-0.1, -0.05) is 19.1 Å². The van der Waals surface area contributed by atoms with Crippen molar-refractivity contribution < 1.29 is 23.1 Å². The summed E-state index contributed by atoms with van der Waals surface area (Å²) >= 11 is 0. The summed E-state index contributed by atoms with van der Waals surface area (Å²) in [6, 6.07) is 5.15. The Hall–Kier alpha value is -1.56. The molecule has 1 aliphatic heterocycles. The first kappa shape index (κ1) is 16.8. The lowest BCUT2D eigenvalue weighted by Crippen LogP contribution is -2.40. The predicted molar refractivity (Wildman–Crippen MR) is 76.4 cm³/mol. The van der Waals surface area contributed by atoms with E-state index in [4.69, 9.17) is 5.11 Å². The molecule has 0 radical (unpaired) electrons. The molecular weight excluding hydrogens is 295 g/mol. The number of carbonyl (C=O) groups is 1. The van der Waals surface area contributed by atoms with Crippen molar-refractivity contribution in [3.05, 3.63) is 35.4 Å². The van der Waals surface area contributed by atoms with Gasteiger partial charge in [-0.05, 0) is 43.5 Å². The molecule has 0 bridgehead atoms. The van der Waals surface area contributed by atoms with Gasteiger partial charge in [0, 0.05) is 12.6 Å². The molecule has 0 saturated carbocycles. The lowest BCUT2D eigenvalue weighted by molar-refractivity contribution is -0.144. The molecule has 1 aliphatic rings. The largest absolute Gasteiger partial charge is 0.481 e. The van der Waals surface area contributed by atoms with E-state index >= 15 is 0 Å². The monoisotopic (exact) mass is 315 g/mol. The maximum Gasteiger partial charge on any atom is 0.416 e. The van der Waals surface area contributed by atoms with Crippen LogP contribution in [-0.4, -0.2) is 29.1 Å². The first-order valence-electron chi connectivity index (χ1n) is 7.47. The molecule has 1 saturated heterocycles. The molecule has 0 aliphatic carbocycles. The fourth-order valence-electron chi connectivity index (χ4n) is 3.09. The van der Waals surface area contributed by atoms with Gasteiger partial charge in [-0.3, -0.25) is 9.69 Å². The number of piperidine rings is 1. The third-order valence-electron chi connectivity index (χ3n) is 4.25. The first-order chi connectivity index (χ1) is 10.3. The zero-order chi connectivity index (χ0) is 16.3. The molecule has 22 heavy (non-hydrogen) atoms. The van der Waals surface area contributed by atoms with Crippen LogP contribution in [0, 0.1) is 5.92 Å². The summed E-state index contributed by atoms with van der Waals surface area (Å²) in [5, 5.41) is 9.16. The lowest BCUT2D eigenvalue weighted by atomic mass is 9.93. The zero-order valence-corrected chi connectivity index (χ0v) is 12.4. The Kier molecular flexibility index (Phi) is 5.11. The SMILES string of the molecule is CC[C@H](c1ccc(C(F)(F)F)cc1)N1CCC[C@@H](C(=O)O)C1. The Morgan fingerprint density at radius 1 is 1.36 bits per heavy atom. The number of likely N-dealkylation sites (tertiary alicyclic amines) is 1. The second-order valence-corrected chi connectivity index (χ2v) is 5.72. The molecule has 0 amide bonds. The fraction of sp³-hybridized carbons (Fsp3) is 0.562. The van der Waals surface area contributed by atoms with Gasteiger partial charge in [0.25, 0.3) is 0 Å². The van der Waals surface area contributed by atoms with E-state index in [-0.39, 0.29) is 6.04 Å². The standard InChI is InChI=1S/C16H20F3NO2/c1-2-14(20-9-3-4-12(10-20)15(21)22)11-5-7-13(8-6-11)16(17,18)19/h5-8,12,14H,2-4,9-10H2,1H3,(H,21,22)/t12-,14-/m1/s1. The second kappa shape index (κ2) is 6.69. The summed E-state index contributed by atoms with van der Waals surface area (Å²) in [5.41, 5.74) is 0.148. The van der Waals surface area contributed by atoms with Crippen LogP contribution in [-0.2, 0) is 11.0 Å². The highest BCUT2D eigenvalue weighted by atomic mass is 19.4. The molecule has 0 spiro atoms. The highest BCUT2D eigenvalue weighted by Crippen LogP contribution is 2.33. The Morgan fingerprint density at radius 2 is 2.00 bits per heavy atom. The number of nitrogens with zero attached hydrogens (tertiary/aromatic N) is 1. The van der Waals surface area contributed by atoms with Gasteiger partial charge < -0.3 is 5.11 Å². The van der Waals surface area contributed by atoms with E-state index in [1.165, 1.54) is 12.1 Å². The normalized spacial score (nSPS) is 21.5. The van der Waals surface area contributed by atoms with Gasteiger partial charge in [0.05, 0.1) is 11.5 Å². The number of carboxylic acid groups (broad SMARTS) is 1. The molecule has 2 rings (SSSR count). The van der Waals surface area contributed by atoms with Crippen LogP contribution in [0.4, 0.5) is 13.2 Å². The summed E-state index contributed by atoms with van der Waals surface area (Å²) in [4.78, 5) is 13.2. The Bertz CT molecular complexity index is 513. The zero-order valence-electron chi connectivity index (χ0n) is 12.4. The number of hydrogen-bond acceptors (Lipinski definition) is 2. The van der Waals surface area contributed by atoms with E-state index in [1.54, 1.807) is 0 Å². The van der Waals surface area contributed by atoms with Crippen molar-refractivity contribution in [1.82, 2.24) is 4.90 Å². The summed E-state index contributed by atoms with van der Waals surface area (Å²) in [6.45, 7) is 3.20. The number of aliphatic carboxylic acids is 1. The van der Waals surface area contributed by atoms with Crippen molar-refractivity contribution in [2.24, 2.45) is 5.92 Å². The molecule has 1 N–H and O–H groups in total. The first-order valence-corrected chi connectivity index (χ1v) is 7.47. The summed E-state index contributed by atoms with van der Waals surface area (Å²) in [7, 11) is 0. The lowest BCUT2D eigenvalue weighted by Gasteiger charge is -2.37. The van der Waals surface area contributed by atoms with Crippen LogP contribution >= 0.6 is 0 Å². The molecule has 0 aromatic heterocycles. The minimum absolute atomic E-state index is 0.0376. The van der Waals surface area contributed by atoms with E-state index < -0.39 is 23.6 Å². The number of benzene rings is 1. The molecule has 3 nitrogen and oxygen atoms in total. The van der Waals surface area contributed by atoms with Crippen LogP contribution in [0.25, 0.3) is 0 Å². The number of alkyl halides is 3. The Balaban J connectivity index is 2.15. The molecule has 2 atom stereocenters. The summed E-state index contributed by atoms with van der Waals surface area (Å²) < 4.78 is 37.9. The molecular formula is C16H20F3NO2. The minimum atomic E-state index is -4.33. The van der Waals surface area contributed by atoms with E-state index in [9.17, 15) is 18.0 Å². The summed E-state index contributed by atoms with van der Waals surface area (Å²) in [5.74, 6) is -1.19. The van der Waals surface area contributed by atoms with E-state index in [0.717, 1.165) is 37.1 Å². The highest BCUT2D eigenvalue weighted by molar-refractivity contribution is 5.70. The number of carboxylic acids is 1. The van der Waals surface area contributed by atoms with Crippen molar-refractivity contribution in [3.63, 3.8) is 0 Å². The van der Waals surface area contributed by atoms with Crippen LogP contribution in [0.2, 0.25) is 0 Å². The average Bonchev–Trinajstić information content (AvgIpc) is 2.48. The van der Waals surface area contributed by atoms with Crippen LogP contribution in [0.1, 0.15) is 43.4 Å². The smallest absolute Gasteiger partial charge is 0.416 e. The maximum atomic E-state index is 12.6. The van der Waals surface area contributed by atoms with Crippen LogP contribution in [0.15, 0.2) is 24.3 Å². The minimum Gasteiger partial charge on any atom is -0.481 e. The van der Waals surface area contributed by atoms with E-state index in [0.29, 0.717) is 13.0 Å². The topological polar surface area (TPSA) is 40.5 Å². The number of halogens is 3. The van der Waals surface area contributed by atoms with Crippen LogP contribution in [0.3, 0.4) is 0 Å². The molecule has 6 heteroatoms. The highest BCUT2D eigenvalue weighted by Gasteiger charge is 2.32. The van der Waals surface area contributed by atoms with Gasteiger partial charge in [-0.2, -0.15) is 13.2 Å². The molecule has 1 fully saturated rings. The second-order valence-electron chi connectivity index (χ2n) is 5.72. The van der Waals surface area contributed by atoms with E-state index in [1.807, 2.05) is 6.92 Å². The van der Waals surface area contributed by atoms with Crippen molar-refractivity contribution in [2.75, 3.05) is 13.1 Å². The average molecular weight is 315 g/mol. The molecule has 1 aromatic rings. The van der Waals surface area contributed by atoms with Crippen LogP contribution < -0.4 is 0 Å². The quantitative estimate of drug-likeness (QED) is 0.914. The summed E-state index contributed by atoms with van der Waals surface area (Å²) in [6.07, 6.45) is -2.14. The molecule has 122 valence electrons. The third kappa shape index (κ3) is 3.80. The van der Waals surface area contributed by atoms with Crippen molar-refractivity contribution in [1.29, 1.82) is 0 Å². The Labute approximate surface area is 127 Å². The molecule has 1 heterocycles. The molecule has 1 aromatic carbocycles. The predicted octanol–water partition coefficient (Wildman–Crippen LogP) is 3.95. The van der Waals surface area contributed by atoms with Gasteiger partial charge in [0.2, 0.25) is 0 Å². The fourth-order valence-corrected chi connectivity index (χ4v) is 3.09. The number of rotatable bonds is 4. The Morgan fingerprint density at radius 3 is 2.50 bits per heavy atom. The van der Waals surface area contributed by atoms with Crippen molar-refractivity contribution >= 4 is 5.97 Å². The van der Waals surface area contributed by atoms with Gasteiger partial charge in [-0.25, -0.2) is 0 Å². The van der Waals surface area contributed by atoms with Crippen LogP contribution in [0.5, 0.6) is 0 Å². The van der Waals surface area contributed by atoms with Gasteiger partial charge in [0.15, 0.2) is 0 Å². The van der Waals surface area contributed by atoms with Crippen molar-refractivity contribution in [3.8, 4) is 0 Å². The van der Waals surface area contributed by atoms with Crippen molar-refractivity contribution in [2.45, 2.75) is 38.4 Å². The third-order valence-corrected chi connectivity index (χ3v) is 4.25. The van der Waals surface area contributed by atoms with Gasteiger partial charge >= 0.3 is 12.1 Å². The maximum absolute atomic E-state index is 12.6. The van der Waals surface area contributed by atoms with Gasteiger partial charge in [0.1, 0.15) is 0 Å². The molecule has 0 unspecified atom stereocenters. The number of hydrogen-bond donors (Lipinski definition) is 1. The van der Waals surface area contributed by atoms with Gasteiger partial charge in [-0.15, -0.1) is 0 Å².